The molecule has 2 fully saturated rings. The van der Waals surface area contributed by atoms with E-state index in [4.69, 9.17) is 4.52 Å². The van der Waals surface area contributed by atoms with Gasteiger partial charge in [0.25, 0.3) is 5.89 Å². The fourth-order valence-electron chi connectivity index (χ4n) is 2.86. The van der Waals surface area contributed by atoms with Gasteiger partial charge >= 0.3 is 0 Å². The van der Waals surface area contributed by atoms with Gasteiger partial charge in [0.2, 0.25) is 5.91 Å². The Morgan fingerprint density at radius 1 is 1.32 bits per heavy atom. The Morgan fingerprint density at radius 3 is 2.86 bits per heavy atom. The Morgan fingerprint density at radius 2 is 2.18 bits per heavy atom. The smallest absolute Gasteiger partial charge is 0.261 e. The monoisotopic (exact) mass is 299 g/mol. The van der Waals surface area contributed by atoms with Crippen LogP contribution in [0, 0.1) is 6.92 Å². The van der Waals surface area contributed by atoms with Crippen molar-refractivity contribution >= 4 is 11.7 Å². The quantitative estimate of drug-likeness (QED) is 0.849. The van der Waals surface area contributed by atoms with E-state index in [0.29, 0.717) is 24.3 Å². The van der Waals surface area contributed by atoms with Crippen LogP contribution in [0.2, 0.25) is 0 Å². The lowest BCUT2D eigenvalue weighted by Crippen LogP contribution is -2.51. The van der Waals surface area contributed by atoms with Crippen molar-refractivity contribution in [1.82, 2.24) is 20.0 Å². The Hall–Kier alpha value is -2.44. The van der Waals surface area contributed by atoms with Gasteiger partial charge in [-0.05, 0) is 31.9 Å². The first-order valence-electron chi connectivity index (χ1n) is 7.52. The van der Waals surface area contributed by atoms with Crippen LogP contribution in [-0.2, 0) is 4.79 Å². The summed E-state index contributed by atoms with van der Waals surface area (Å²) in [5.74, 6) is 1.93. The van der Waals surface area contributed by atoms with E-state index in [9.17, 15) is 4.79 Å². The van der Waals surface area contributed by atoms with Gasteiger partial charge in [-0.1, -0.05) is 5.16 Å². The number of pyridine rings is 1. The van der Waals surface area contributed by atoms with Crippen LogP contribution < -0.4 is 4.90 Å². The summed E-state index contributed by atoms with van der Waals surface area (Å²) in [4.78, 5) is 25.0. The molecular weight excluding hydrogens is 282 g/mol. The zero-order valence-electron chi connectivity index (χ0n) is 12.4. The number of aryl methyl sites for hydroxylation is 1. The third kappa shape index (κ3) is 2.32. The Labute approximate surface area is 127 Å². The van der Waals surface area contributed by atoms with E-state index in [1.165, 1.54) is 0 Å². The van der Waals surface area contributed by atoms with Gasteiger partial charge in [-0.3, -0.25) is 4.79 Å². The fourth-order valence-corrected chi connectivity index (χ4v) is 2.86. The number of rotatable bonds is 3. The van der Waals surface area contributed by atoms with E-state index in [1.54, 1.807) is 13.1 Å². The summed E-state index contributed by atoms with van der Waals surface area (Å²) in [6.07, 6.45) is 4.00. The number of aromatic nitrogens is 3. The molecule has 3 heterocycles. The first kappa shape index (κ1) is 13.2. The van der Waals surface area contributed by atoms with Crippen LogP contribution in [0.15, 0.2) is 22.9 Å². The lowest BCUT2D eigenvalue weighted by Gasteiger charge is -2.35. The second-order valence-corrected chi connectivity index (χ2v) is 5.76. The van der Waals surface area contributed by atoms with E-state index in [1.807, 2.05) is 21.9 Å². The average molecular weight is 299 g/mol. The molecule has 2 aromatic rings. The molecule has 0 spiro atoms. The maximum Gasteiger partial charge on any atom is 0.261 e. The molecule has 0 aromatic carbocycles. The summed E-state index contributed by atoms with van der Waals surface area (Å²) in [5.41, 5.74) is 0.774. The largest absolute Gasteiger partial charge is 0.345 e. The van der Waals surface area contributed by atoms with Gasteiger partial charge in [0.05, 0.1) is 12.1 Å². The van der Waals surface area contributed by atoms with E-state index in [0.717, 1.165) is 37.3 Å². The van der Waals surface area contributed by atoms with E-state index < -0.39 is 0 Å². The minimum Gasteiger partial charge on any atom is -0.345 e. The van der Waals surface area contributed by atoms with Gasteiger partial charge in [-0.2, -0.15) is 4.98 Å². The Bertz CT molecular complexity index is 709. The molecule has 7 nitrogen and oxygen atoms in total. The minimum absolute atomic E-state index is 0.173. The minimum atomic E-state index is 0.173. The number of hydrogen-bond acceptors (Lipinski definition) is 6. The van der Waals surface area contributed by atoms with Gasteiger partial charge in [0, 0.05) is 25.3 Å². The van der Waals surface area contributed by atoms with Crippen molar-refractivity contribution in [2.45, 2.75) is 25.8 Å². The number of piperazine rings is 1. The summed E-state index contributed by atoms with van der Waals surface area (Å²) in [7, 11) is 0. The molecule has 22 heavy (non-hydrogen) atoms. The fraction of sp³-hybridized carbons (Fsp3) is 0.467. The highest BCUT2D eigenvalue weighted by Crippen LogP contribution is 2.31. The topological polar surface area (TPSA) is 75.4 Å². The van der Waals surface area contributed by atoms with Gasteiger partial charge in [0.15, 0.2) is 5.82 Å². The van der Waals surface area contributed by atoms with Crippen LogP contribution in [0.1, 0.15) is 18.7 Å². The van der Waals surface area contributed by atoms with E-state index in [2.05, 4.69) is 15.1 Å². The number of carbonyl (C=O) groups excluding carboxylic acids is 1. The van der Waals surface area contributed by atoms with Crippen molar-refractivity contribution in [1.29, 1.82) is 0 Å². The second-order valence-electron chi connectivity index (χ2n) is 5.76. The van der Waals surface area contributed by atoms with Gasteiger partial charge in [0.1, 0.15) is 5.82 Å². The molecule has 1 saturated carbocycles. The third-order valence-corrected chi connectivity index (χ3v) is 4.09. The SMILES string of the molecule is Cc1noc(-c2cccnc2N2CCN(C3CC3)C(=O)C2)n1. The van der Waals surface area contributed by atoms with Crippen LogP contribution in [-0.4, -0.2) is 51.6 Å². The molecule has 2 aliphatic rings. The van der Waals surface area contributed by atoms with Crippen molar-refractivity contribution < 1.29 is 9.32 Å². The number of nitrogens with zero attached hydrogens (tertiary/aromatic N) is 5. The second kappa shape index (κ2) is 5.08. The molecule has 0 radical (unpaired) electrons. The van der Waals surface area contributed by atoms with Crippen molar-refractivity contribution in [2.24, 2.45) is 0 Å². The number of carbonyl (C=O) groups is 1. The van der Waals surface area contributed by atoms with Gasteiger partial charge in [-0.15, -0.1) is 0 Å². The first-order valence-corrected chi connectivity index (χ1v) is 7.52. The van der Waals surface area contributed by atoms with Crippen molar-refractivity contribution in [2.75, 3.05) is 24.5 Å². The number of anilines is 1. The van der Waals surface area contributed by atoms with Crippen molar-refractivity contribution in [3.63, 3.8) is 0 Å². The molecule has 7 heteroatoms. The van der Waals surface area contributed by atoms with E-state index >= 15 is 0 Å². The van der Waals surface area contributed by atoms with Crippen LogP contribution in [0.5, 0.6) is 0 Å². The number of amides is 1. The maximum absolute atomic E-state index is 12.3. The molecule has 0 unspecified atom stereocenters. The molecule has 1 saturated heterocycles. The summed E-state index contributed by atoms with van der Waals surface area (Å²) in [6, 6.07) is 4.20. The van der Waals surface area contributed by atoms with Crippen LogP contribution in [0.25, 0.3) is 11.5 Å². The normalized spacial score (nSPS) is 18.9. The molecule has 4 rings (SSSR count). The van der Waals surface area contributed by atoms with Gasteiger partial charge < -0.3 is 14.3 Å². The molecule has 1 aliphatic heterocycles. The maximum atomic E-state index is 12.3. The lowest BCUT2D eigenvalue weighted by molar-refractivity contribution is -0.131. The molecule has 0 N–H and O–H groups in total. The predicted molar refractivity (Wildman–Crippen MR) is 79.2 cm³/mol. The first-order chi connectivity index (χ1) is 10.7. The highest BCUT2D eigenvalue weighted by Gasteiger charge is 2.36. The molecule has 1 aliphatic carbocycles. The van der Waals surface area contributed by atoms with Crippen molar-refractivity contribution in [3.8, 4) is 11.5 Å². The summed E-state index contributed by atoms with van der Waals surface area (Å²) in [6.45, 7) is 3.66. The zero-order chi connectivity index (χ0) is 15.1. The van der Waals surface area contributed by atoms with Crippen molar-refractivity contribution in [3.05, 3.63) is 24.2 Å². The molecular formula is C15H17N5O2. The highest BCUT2D eigenvalue weighted by atomic mass is 16.5. The van der Waals surface area contributed by atoms with Crippen LogP contribution in [0.3, 0.4) is 0 Å². The molecule has 2 aromatic heterocycles. The average Bonchev–Trinajstić information content (AvgIpc) is 3.28. The highest BCUT2D eigenvalue weighted by molar-refractivity contribution is 5.84. The Kier molecular flexibility index (Phi) is 3.06. The lowest BCUT2D eigenvalue weighted by atomic mass is 10.2. The third-order valence-electron chi connectivity index (χ3n) is 4.09. The standard InChI is InChI=1S/C15H17N5O2/c1-10-17-15(22-18-10)12-3-2-6-16-14(12)19-7-8-20(11-4-5-11)13(21)9-19/h2-3,6,11H,4-5,7-9H2,1H3. The molecule has 1 amide bonds. The molecule has 114 valence electrons. The summed E-state index contributed by atoms with van der Waals surface area (Å²) >= 11 is 0. The van der Waals surface area contributed by atoms with Crippen LogP contribution in [0.4, 0.5) is 5.82 Å². The molecule has 0 bridgehead atoms. The summed E-state index contributed by atoms with van der Waals surface area (Å²) in [5, 5.41) is 3.83. The van der Waals surface area contributed by atoms with Gasteiger partial charge in [-0.25, -0.2) is 4.98 Å². The Balaban J connectivity index is 1.61. The van der Waals surface area contributed by atoms with E-state index in [-0.39, 0.29) is 5.91 Å². The number of hydrogen-bond donors (Lipinski definition) is 0. The molecule has 0 atom stereocenters. The van der Waals surface area contributed by atoms with Crippen LogP contribution >= 0.6 is 0 Å². The zero-order valence-corrected chi connectivity index (χ0v) is 12.4. The summed E-state index contributed by atoms with van der Waals surface area (Å²) < 4.78 is 5.25. The predicted octanol–water partition coefficient (Wildman–Crippen LogP) is 1.25.